The van der Waals surface area contributed by atoms with Gasteiger partial charge in [-0.1, -0.05) is 48.5 Å². The van der Waals surface area contributed by atoms with Crippen molar-refractivity contribution in [3.63, 3.8) is 0 Å². The van der Waals surface area contributed by atoms with Crippen molar-refractivity contribution in [2.75, 3.05) is 14.2 Å². The normalized spacial score (nSPS) is 11.0. The minimum absolute atomic E-state index is 0.519. The van der Waals surface area contributed by atoms with E-state index in [4.69, 9.17) is 18.9 Å². The molecule has 0 unspecified atom stereocenters. The molecule has 3 aromatic rings. The summed E-state index contributed by atoms with van der Waals surface area (Å²) in [6.45, 7) is 1.04. The van der Waals surface area contributed by atoms with Crippen LogP contribution in [-0.2, 0) is 22.7 Å². The van der Waals surface area contributed by atoms with Gasteiger partial charge in [0.05, 0.1) is 26.7 Å². The van der Waals surface area contributed by atoms with Gasteiger partial charge in [-0.25, -0.2) is 0 Å². The van der Waals surface area contributed by atoms with Crippen molar-refractivity contribution in [3.8, 4) is 11.5 Å². The lowest BCUT2D eigenvalue weighted by molar-refractivity contribution is 0.302. The van der Waals surface area contributed by atoms with Gasteiger partial charge in [0.15, 0.2) is 0 Å². The zero-order chi connectivity index (χ0) is 21.0. The fraction of sp³-hybridized carbons (Fsp3) is 0.154. The summed E-state index contributed by atoms with van der Waals surface area (Å²) in [6, 6.07) is 24.0. The molecule has 0 aliphatic rings. The Balaban J connectivity index is 1.46. The molecule has 0 N–H and O–H groups in total. The molecule has 0 spiro atoms. The number of ether oxygens (including phenoxy) is 4. The van der Waals surface area contributed by atoms with Crippen molar-refractivity contribution in [2.45, 2.75) is 13.2 Å². The van der Waals surface area contributed by atoms with Crippen LogP contribution >= 0.6 is 0 Å². The SMILES string of the molecule is COC=Cc1ccc(OCc2ccc(COc3ccc(C=COC)cc3)cc2)cc1. The molecule has 0 aliphatic carbocycles. The van der Waals surface area contributed by atoms with Gasteiger partial charge < -0.3 is 18.9 Å². The highest BCUT2D eigenvalue weighted by molar-refractivity contribution is 5.50. The number of hydrogen-bond acceptors (Lipinski definition) is 4. The topological polar surface area (TPSA) is 36.9 Å². The lowest BCUT2D eigenvalue weighted by Crippen LogP contribution is -1.98. The van der Waals surface area contributed by atoms with E-state index < -0.39 is 0 Å². The average molecular weight is 402 g/mol. The van der Waals surface area contributed by atoms with Crippen molar-refractivity contribution in [3.05, 3.63) is 108 Å². The molecule has 0 saturated heterocycles. The first-order chi connectivity index (χ1) is 14.8. The third-order valence-corrected chi connectivity index (χ3v) is 4.39. The lowest BCUT2D eigenvalue weighted by Gasteiger charge is -2.09. The van der Waals surface area contributed by atoms with E-state index in [-0.39, 0.29) is 0 Å². The predicted octanol–water partition coefficient (Wildman–Crippen LogP) is 6.08. The molecule has 3 rings (SSSR count). The van der Waals surface area contributed by atoms with E-state index in [2.05, 4.69) is 24.3 Å². The second-order valence-electron chi connectivity index (χ2n) is 6.61. The molecule has 0 fully saturated rings. The van der Waals surface area contributed by atoms with Gasteiger partial charge in [0.1, 0.15) is 24.7 Å². The van der Waals surface area contributed by atoms with Crippen LogP contribution in [0.25, 0.3) is 12.2 Å². The van der Waals surface area contributed by atoms with E-state index in [1.54, 1.807) is 26.7 Å². The molecule has 3 aromatic carbocycles. The summed E-state index contributed by atoms with van der Waals surface area (Å²) < 4.78 is 21.6. The summed E-state index contributed by atoms with van der Waals surface area (Å²) in [6.07, 6.45) is 7.10. The van der Waals surface area contributed by atoms with E-state index in [1.807, 2.05) is 60.7 Å². The van der Waals surface area contributed by atoms with Crippen LogP contribution < -0.4 is 9.47 Å². The van der Waals surface area contributed by atoms with Gasteiger partial charge in [0.25, 0.3) is 0 Å². The average Bonchev–Trinajstić information content (AvgIpc) is 2.80. The van der Waals surface area contributed by atoms with Crippen LogP contribution in [0.4, 0.5) is 0 Å². The van der Waals surface area contributed by atoms with Crippen LogP contribution in [0.5, 0.6) is 11.5 Å². The number of hydrogen-bond donors (Lipinski definition) is 0. The predicted molar refractivity (Wildman–Crippen MR) is 120 cm³/mol. The highest BCUT2D eigenvalue weighted by Gasteiger charge is 2.00. The second-order valence-corrected chi connectivity index (χ2v) is 6.61. The smallest absolute Gasteiger partial charge is 0.119 e. The number of methoxy groups -OCH3 is 2. The highest BCUT2D eigenvalue weighted by Crippen LogP contribution is 2.17. The minimum atomic E-state index is 0.519. The van der Waals surface area contributed by atoms with E-state index in [1.165, 1.54) is 0 Å². The van der Waals surface area contributed by atoms with Gasteiger partial charge in [-0.2, -0.15) is 0 Å². The zero-order valence-electron chi connectivity index (χ0n) is 17.3. The molecule has 0 aliphatic heterocycles. The van der Waals surface area contributed by atoms with E-state index in [9.17, 15) is 0 Å². The molecule has 0 aromatic heterocycles. The largest absolute Gasteiger partial charge is 0.504 e. The zero-order valence-corrected chi connectivity index (χ0v) is 17.3. The molecule has 0 bridgehead atoms. The third kappa shape index (κ3) is 6.74. The fourth-order valence-electron chi connectivity index (χ4n) is 2.71. The maximum atomic E-state index is 5.86. The lowest BCUT2D eigenvalue weighted by atomic mass is 10.1. The Morgan fingerprint density at radius 3 is 1.23 bits per heavy atom. The molecule has 4 heteroatoms. The van der Waals surface area contributed by atoms with Crippen molar-refractivity contribution in [1.29, 1.82) is 0 Å². The summed E-state index contributed by atoms with van der Waals surface area (Å²) >= 11 is 0. The van der Waals surface area contributed by atoms with Gasteiger partial charge in [0, 0.05) is 0 Å². The summed E-state index contributed by atoms with van der Waals surface area (Å²) in [5.41, 5.74) is 4.34. The third-order valence-electron chi connectivity index (χ3n) is 4.39. The summed E-state index contributed by atoms with van der Waals surface area (Å²) in [7, 11) is 3.26. The van der Waals surface area contributed by atoms with Crippen molar-refractivity contribution in [1.82, 2.24) is 0 Å². The molecule has 0 saturated carbocycles. The van der Waals surface area contributed by atoms with Crippen molar-refractivity contribution >= 4 is 12.2 Å². The Labute approximate surface area is 178 Å². The van der Waals surface area contributed by atoms with Crippen LogP contribution in [0.15, 0.2) is 85.3 Å². The molecule has 0 heterocycles. The molecule has 0 amide bonds. The minimum Gasteiger partial charge on any atom is -0.504 e. The molecule has 30 heavy (non-hydrogen) atoms. The Morgan fingerprint density at radius 1 is 0.533 bits per heavy atom. The monoisotopic (exact) mass is 402 g/mol. The highest BCUT2D eigenvalue weighted by atomic mass is 16.5. The molecular weight excluding hydrogens is 376 g/mol. The maximum absolute atomic E-state index is 5.86. The molecule has 154 valence electrons. The fourth-order valence-corrected chi connectivity index (χ4v) is 2.71. The van der Waals surface area contributed by atoms with Crippen LogP contribution in [-0.4, -0.2) is 14.2 Å². The van der Waals surface area contributed by atoms with Crippen LogP contribution in [0.3, 0.4) is 0 Å². The first kappa shape index (κ1) is 21.1. The molecule has 4 nitrogen and oxygen atoms in total. The summed E-state index contributed by atoms with van der Waals surface area (Å²) in [4.78, 5) is 0. The number of benzene rings is 3. The first-order valence-electron chi connectivity index (χ1n) is 9.69. The van der Waals surface area contributed by atoms with Crippen molar-refractivity contribution < 1.29 is 18.9 Å². The Bertz CT molecular complexity index is 859. The quantitative estimate of drug-likeness (QED) is 0.385. The van der Waals surface area contributed by atoms with Gasteiger partial charge in [-0.3, -0.25) is 0 Å². The Kier molecular flexibility index (Phi) is 7.98. The summed E-state index contributed by atoms with van der Waals surface area (Å²) in [5.74, 6) is 1.67. The van der Waals surface area contributed by atoms with Crippen LogP contribution in [0.2, 0.25) is 0 Å². The Morgan fingerprint density at radius 2 is 0.900 bits per heavy atom. The molecule has 0 radical (unpaired) electrons. The van der Waals surface area contributed by atoms with E-state index in [0.29, 0.717) is 13.2 Å². The van der Waals surface area contributed by atoms with Gasteiger partial charge >= 0.3 is 0 Å². The molecular formula is C26H26O4. The van der Waals surface area contributed by atoms with Crippen LogP contribution in [0, 0.1) is 0 Å². The van der Waals surface area contributed by atoms with E-state index >= 15 is 0 Å². The summed E-state index contributed by atoms with van der Waals surface area (Å²) in [5, 5.41) is 0. The van der Waals surface area contributed by atoms with Crippen molar-refractivity contribution in [2.24, 2.45) is 0 Å². The van der Waals surface area contributed by atoms with Gasteiger partial charge in [-0.15, -0.1) is 0 Å². The molecule has 0 atom stereocenters. The van der Waals surface area contributed by atoms with Crippen LogP contribution in [0.1, 0.15) is 22.3 Å². The number of rotatable bonds is 10. The second kappa shape index (κ2) is 11.4. The maximum Gasteiger partial charge on any atom is 0.119 e. The van der Waals surface area contributed by atoms with E-state index in [0.717, 1.165) is 33.8 Å². The first-order valence-corrected chi connectivity index (χ1v) is 9.69. The standard InChI is InChI=1S/C26H26O4/c1-27-17-15-21-7-11-25(12-8-21)29-19-23-3-5-24(6-4-23)20-30-26-13-9-22(10-14-26)16-18-28-2/h3-18H,19-20H2,1-2H3. The van der Waals surface area contributed by atoms with Gasteiger partial charge in [0.2, 0.25) is 0 Å². The van der Waals surface area contributed by atoms with Gasteiger partial charge in [-0.05, 0) is 58.7 Å². The Hall–Kier alpha value is -3.66.